The van der Waals surface area contributed by atoms with E-state index in [9.17, 15) is 0 Å². The minimum atomic E-state index is 0.609. The monoisotopic (exact) mass is 245 g/mol. The molecule has 0 amide bonds. The average Bonchev–Trinajstić information content (AvgIpc) is 3.11. The summed E-state index contributed by atoms with van der Waals surface area (Å²) in [5.74, 6) is 2.51. The molecule has 18 heavy (non-hydrogen) atoms. The first kappa shape index (κ1) is 11.9. The van der Waals surface area contributed by atoms with Gasteiger partial charge in [0.25, 0.3) is 0 Å². The Morgan fingerprint density at radius 2 is 1.39 bits per heavy atom. The largest absolute Gasteiger partial charge is 0.351 e. The van der Waals surface area contributed by atoms with Gasteiger partial charge in [0, 0.05) is 18.4 Å². The van der Waals surface area contributed by atoms with Crippen LogP contribution in [0.1, 0.15) is 51.4 Å². The van der Waals surface area contributed by atoms with Crippen molar-refractivity contribution in [1.29, 1.82) is 0 Å². The molecule has 3 heteroatoms. The number of nitrogens with one attached hydrogen (secondary N) is 1. The molecule has 0 saturated heterocycles. The lowest BCUT2D eigenvalue weighted by Crippen LogP contribution is -2.34. The Morgan fingerprint density at radius 1 is 0.889 bits per heavy atom. The molecule has 3 rings (SSSR count). The summed E-state index contributed by atoms with van der Waals surface area (Å²) < 4.78 is 0. The van der Waals surface area contributed by atoms with Crippen LogP contribution in [-0.2, 0) is 0 Å². The van der Waals surface area contributed by atoms with Crippen molar-refractivity contribution in [1.82, 2.24) is 9.97 Å². The van der Waals surface area contributed by atoms with E-state index in [0.717, 1.165) is 17.8 Å². The molecule has 1 aromatic rings. The molecule has 0 radical (unpaired) electrons. The standard InChI is InChI=1S/C15H23N3/c1-2-7-12(6-1)14(13-8-3-4-9-13)18-15-16-10-5-11-17-15/h5,10-14H,1-4,6-9H2,(H,16,17,18). The van der Waals surface area contributed by atoms with Gasteiger partial charge in [-0.3, -0.25) is 0 Å². The Balaban J connectivity index is 1.72. The minimum absolute atomic E-state index is 0.609. The van der Waals surface area contributed by atoms with Crippen molar-refractivity contribution in [3.63, 3.8) is 0 Å². The van der Waals surface area contributed by atoms with Crippen LogP contribution in [0.25, 0.3) is 0 Å². The molecule has 0 atom stereocenters. The minimum Gasteiger partial charge on any atom is -0.351 e. The predicted molar refractivity (Wildman–Crippen MR) is 73.4 cm³/mol. The topological polar surface area (TPSA) is 37.8 Å². The van der Waals surface area contributed by atoms with Gasteiger partial charge in [-0.05, 0) is 43.6 Å². The van der Waals surface area contributed by atoms with Gasteiger partial charge in [-0.15, -0.1) is 0 Å². The van der Waals surface area contributed by atoms with Crippen LogP contribution in [0, 0.1) is 11.8 Å². The smallest absolute Gasteiger partial charge is 0.222 e. The summed E-state index contributed by atoms with van der Waals surface area (Å²) in [7, 11) is 0. The van der Waals surface area contributed by atoms with Crippen molar-refractivity contribution in [2.45, 2.75) is 57.4 Å². The average molecular weight is 245 g/mol. The third-order valence-electron chi connectivity index (χ3n) is 4.68. The van der Waals surface area contributed by atoms with E-state index in [1.807, 2.05) is 18.5 Å². The molecule has 1 N–H and O–H groups in total. The first-order valence-corrected chi connectivity index (χ1v) is 7.47. The van der Waals surface area contributed by atoms with Crippen LogP contribution in [0.15, 0.2) is 18.5 Å². The van der Waals surface area contributed by atoms with Crippen LogP contribution in [0.2, 0.25) is 0 Å². The molecule has 0 aliphatic heterocycles. The van der Waals surface area contributed by atoms with E-state index in [1.54, 1.807) is 0 Å². The lowest BCUT2D eigenvalue weighted by Gasteiger charge is -2.30. The highest BCUT2D eigenvalue weighted by atomic mass is 15.1. The molecule has 98 valence electrons. The van der Waals surface area contributed by atoms with Crippen molar-refractivity contribution in [2.24, 2.45) is 11.8 Å². The highest BCUT2D eigenvalue weighted by molar-refractivity contribution is 5.25. The molecule has 0 bridgehead atoms. The predicted octanol–water partition coefficient (Wildman–Crippen LogP) is 3.64. The van der Waals surface area contributed by atoms with Crippen LogP contribution in [0.4, 0.5) is 5.95 Å². The van der Waals surface area contributed by atoms with E-state index in [4.69, 9.17) is 0 Å². The van der Waals surface area contributed by atoms with E-state index >= 15 is 0 Å². The zero-order valence-electron chi connectivity index (χ0n) is 11.0. The van der Waals surface area contributed by atoms with E-state index in [2.05, 4.69) is 15.3 Å². The van der Waals surface area contributed by atoms with Gasteiger partial charge in [-0.1, -0.05) is 25.7 Å². The maximum atomic E-state index is 4.34. The first-order valence-electron chi connectivity index (χ1n) is 7.47. The van der Waals surface area contributed by atoms with Crippen molar-refractivity contribution in [3.05, 3.63) is 18.5 Å². The van der Waals surface area contributed by atoms with Gasteiger partial charge in [0.1, 0.15) is 0 Å². The molecule has 2 aliphatic rings. The van der Waals surface area contributed by atoms with Crippen LogP contribution >= 0.6 is 0 Å². The second-order valence-electron chi connectivity index (χ2n) is 5.83. The van der Waals surface area contributed by atoms with Crippen molar-refractivity contribution in [2.75, 3.05) is 5.32 Å². The Kier molecular flexibility index (Phi) is 3.77. The molecule has 0 aromatic carbocycles. The number of aromatic nitrogens is 2. The van der Waals surface area contributed by atoms with E-state index < -0.39 is 0 Å². The Bertz CT molecular complexity index is 337. The molecule has 0 spiro atoms. The van der Waals surface area contributed by atoms with Gasteiger partial charge in [0.2, 0.25) is 5.95 Å². The molecule has 3 nitrogen and oxygen atoms in total. The molecule has 0 unspecified atom stereocenters. The Morgan fingerprint density at radius 3 is 1.89 bits per heavy atom. The van der Waals surface area contributed by atoms with Crippen molar-refractivity contribution < 1.29 is 0 Å². The third kappa shape index (κ3) is 2.65. The second kappa shape index (κ2) is 5.68. The summed E-state index contributed by atoms with van der Waals surface area (Å²) in [4.78, 5) is 8.68. The summed E-state index contributed by atoms with van der Waals surface area (Å²) in [5, 5.41) is 3.64. The first-order chi connectivity index (χ1) is 8.93. The van der Waals surface area contributed by atoms with E-state index in [-0.39, 0.29) is 0 Å². The number of rotatable bonds is 4. The highest BCUT2D eigenvalue weighted by Gasteiger charge is 2.33. The maximum absolute atomic E-state index is 4.34. The summed E-state index contributed by atoms with van der Waals surface area (Å²) >= 11 is 0. The van der Waals surface area contributed by atoms with E-state index in [0.29, 0.717) is 6.04 Å². The third-order valence-corrected chi connectivity index (χ3v) is 4.68. The molecule has 1 heterocycles. The number of hydrogen-bond donors (Lipinski definition) is 1. The normalized spacial score (nSPS) is 21.8. The number of anilines is 1. The van der Waals surface area contributed by atoms with Gasteiger partial charge >= 0.3 is 0 Å². The summed E-state index contributed by atoms with van der Waals surface area (Å²) in [6.45, 7) is 0. The highest BCUT2D eigenvalue weighted by Crippen LogP contribution is 2.38. The fourth-order valence-corrected chi connectivity index (χ4v) is 3.78. The summed E-state index contributed by atoms with van der Waals surface area (Å²) in [6.07, 6.45) is 14.8. The van der Waals surface area contributed by atoms with Gasteiger partial charge in [0.05, 0.1) is 0 Å². The van der Waals surface area contributed by atoms with Gasteiger partial charge in [0.15, 0.2) is 0 Å². The summed E-state index contributed by atoms with van der Waals surface area (Å²) in [5.41, 5.74) is 0. The number of hydrogen-bond acceptors (Lipinski definition) is 3. The zero-order valence-corrected chi connectivity index (χ0v) is 11.0. The van der Waals surface area contributed by atoms with E-state index in [1.165, 1.54) is 51.4 Å². The second-order valence-corrected chi connectivity index (χ2v) is 5.83. The Labute approximate surface area is 109 Å². The van der Waals surface area contributed by atoms with Crippen molar-refractivity contribution >= 4 is 5.95 Å². The molecule has 2 fully saturated rings. The number of nitrogens with zero attached hydrogens (tertiary/aromatic N) is 2. The fraction of sp³-hybridized carbons (Fsp3) is 0.733. The Hall–Kier alpha value is -1.12. The van der Waals surface area contributed by atoms with Gasteiger partial charge < -0.3 is 5.32 Å². The zero-order chi connectivity index (χ0) is 12.2. The molecular formula is C15H23N3. The van der Waals surface area contributed by atoms with Gasteiger partial charge in [-0.2, -0.15) is 0 Å². The summed E-state index contributed by atoms with van der Waals surface area (Å²) in [6, 6.07) is 2.49. The van der Waals surface area contributed by atoms with Crippen LogP contribution in [-0.4, -0.2) is 16.0 Å². The fourth-order valence-electron chi connectivity index (χ4n) is 3.78. The van der Waals surface area contributed by atoms with Crippen LogP contribution in [0.5, 0.6) is 0 Å². The van der Waals surface area contributed by atoms with Crippen molar-refractivity contribution in [3.8, 4) is 0 Å². The van der Waals surface area contributed by atoms with Crippen LogP contribution < -0.4 is 5.32 Å². The quantitative estimate of drug-likeness (QED) is 0.880. The lowest BCUT2D eigenvalue weighted by molar-refractivity contribution is 0.336. The van der Waals surface area contributed by atoms with Crippen LogP contribution in [0.3, 0.4) is 0 Å². The lowest BCUT2D eigenvalue weighted by atomic mass is 9.86. The molecule has 2 saturated carbocycles. The SMILES string of the molecule is c1cnc(NC(C2CCCC2)C2CCCC2)nc1. The molecule has 1 aromatic heterocycles. The van der Waals surface area contributed by atoms with Gasteiger partial charge in [-0.25, -0.2) is 9.97 Å². The molecular weight excluding hydrogens is 222 g/mol. The molecule has 2 aliphatic carbocycles. The maximum Gasteiger partial charge on any atom is 0.222 e.